The second kappa shape index (κ2) is 21.4. The van der Waals surface area contributed by atoms with Crippen molar-refractivity contribution < 1.29 is 63.4 Å². The highest BCUT2D eigenvalue weighted by Crippen LogP contribution is 2.44. The topological polar surface area (TPSA) is 351 Å². The van der Waals surface area contributed by atoms with Crippen molar-refractivity contribution in [2.75, 3.05) is 39.1 Å². The van der Waals surface area contributed by atoms with Gasteiger partial charge in [-0.25, -0.2) is 9.97 Å². The number of aryl methyl sites for hydroxylation is 1. The largest absolute Gasteiger partial charge is 0.339 e. The molecule has 0 amide bonds. The van der Waals surface area contributed by atoms with Gasteiger partial charge in [0.1, 0.15) is 33.0 Å². The molecule has 3 N–H and O–H groups in total. The first-order chi connectivity index (χ1) is 34.8. The Balaban J connectivity index is 1.37. The molecular formula is C44H39N9O15S6. The molecule has 0 aliphatic carbocycles. The van der Waals surface area contributed by atoms with Gasteiger partial charge in [-0.1, -0.05) is 41.2 Å². The zero-order chi connectivity index (χ0) is 54.0. The first-order valence-corrected chi connectivity index (χ1v) is 28.8. The van der Waals surface area contributed by atoms with Crippen molar-refractivity contribution in [2.45, 2.75) is 39.2 Å². The van der Waals surface area contributed by atoms with Gasteiger partial charge in [-0.3, -0.25) is 21.3 Å². The summed E-state index contributed by atoms with van der Waals surface area (Å²) in [6.45, 7) is 3.42. The lowest BCUT2D eigenvalue weighted by Crippen LogP contribution is -2.09. The van der Waals surface area contributed by atoms with Gasteiger partial charge in [0.05, 0.1) is 49.5 Å². The van der Waals surface area contributed by atoms with E-state index in [2.05, 4.69) is 55.5 Å². The number of pyridine rings is 1. The fourth-order valence-corrected chi connectivity index (χ4v) is 11.3. The van der Waals surface area contributed by atoms with Crippen LogP contribution in [0.5, 0.6) is 0 Å². The summed E-state index contributed by atoms with van der Waals surface area (Å²) in [6.07, 6.45) is 0. The summed E-state index contributed by atoms with van der Waals surface area (Å²) in [5.41, 5.74) is 2.01. The molecule has 0 saturated carbocycles. The van der Waals surface area contributed by atoms with E-state index in [-0.39, 0.29) is 76.1 Å². The standard InChI is InChI=1S/C44H39N9O15S6/c1-25-7-9-28(10-8-25)40-43(52-50-31-21-35-34(38(22-31)74(63,64)68-6)19-27(24-70(54,55)56)20-37(35)73(61,62)67-5)69-44(48-40)53-51-39-26(2)36(23-45)41(46-29-11-15-32(16-12-29)71(57,58)65-3)49-42(39)47-30-13-17-33(18-14-30)72(59,60)66-4/h7-22H,24H2,1-6H3,(H2,46,47,49)(H,54,55,56). The molecule has 2 aromatic heterocycles. The fourth-order valence-electron chi connectivity index (χ4n) is 6.90. The van der Waals surface area contributed by atoms with Crippen LogP contribution in [0.4, 0.5) is 44.5 Å². The summed E-state index contributed by atoms with van der Waals surface area (Å²) in [4.78, 5) is 7.76. The molecule has 74 heavy (non-hydrogen) atoms. The van der Waals surface area contributed by atoms with Gasteiger partial charge < -0.3 is 10.6 Å². The average Bonchev–Trinajstić information content (AvgIpc) is 3.78. The predicted octanol–water partition coefficient (Wildman–Crippen LogP) is 8.89. The molecule has 0 radical (unpaired) electrons. The van der Waals surface area contributed by atoms with E-state index in [4.69, 9.17) is 8.37 Å². The molecule has 7 rings (SSSR count). The molecule has 7 aromatic rings. The van der Waals surface area contributed by atoms with Gasteiger partial charge in [0.15, 0.2) is 16.6 Å². The molecule has 0 atom stereocenters. The number of benzene rings is 5. The quantitative estimate of drug-likeness (QED) is 0.0386. The Morgan fingerprint density at radius 1 is 0.608 bits per heavy atom. The maximum atomic E-state index is 13.4. The van der Waals surface area contributed by atoms with Crippen molar-refractivity contribution >= 4 is 117 Å². The number of hydrogen-bond donors (Lipinski definition) is 3. The lowest BCUT2D eigenvalue weighted by atomic mass is 10.1. The molecule has 5 aromatic carbocycles. The van der Waals surface area contributed by atoms with Gasteiger partial charge >= 0.3 is 0 Å². The molecule has 0 spiro atoms. The summed E-state index contributed by atoms with van der Waals surface area (Å²) < 4.78 is 154. The van der Waals surface area contributed by atoms with Crippen LogP contribution in [0.1, 0.15) is 22.3 Å². The summed E-state index contributed by atoms with van der Waals surface area (Å²) in [6, 6.07) is 24.2. The van der Waals surface area contributed by atoms with E-state index in [0.717, 1.165) is 63.5 Å². The van der Waals surface area contributed by atoms with E-state index in [9.17, 15) is 51.9 Å². The van der Waals surface area contributed by atoms with Crippen LogP contribution in [0.25, 0.3) is 22.0 Å². The van der Waals surface area contributed by atoms with Crippen molar-refractivity contribution in [3.8, 4) is 17.3 Å². The maximum absolute atomic E-state index is 13.4. The van der Waals surface area contributed by atoms with Crippen LogP contribution in [0, 0.1) is 25.2 Å². The van der Waals surface area contributed by atoms with Gasteiger partial charge in [0.25, 0.3) is 50.6 Å². The number of rotatable bonds is 19. The van der Waals surface area contributed by atoms with Gasteiger partial charge in [0, 0.05) is 33.3 Å². The lowest BCUT2D eigenvalue weighted by molar-refractivity contribution is 0.396. The Hall–Kier alpha value is -7.02. The van der Waals surface area contributed by atoms with Crippen LogP contribution in [0.3, 0.4) is 0 Å². The molecule has 24 nitrogen and oxygen atoms in total. The van der Waals surface area contributed by atoms with Crippen LogP contribution in [0.2, 0.25) is 0 Å². The number of nitriles is 1. The third-order valence-corrected chi connectivity index (χ3v) is 17.3. The Labute approximate surface area is 428 Å². The summed E-state index contributed by atoms with van der Waals surface area (Å²) in [5.74, 6) is -1.07. The van der Waals surface area contributed by atoms with Gasteiger partial charge in [0.2, 0.25) is 5.13 Å². The molecule has 0 aliphatic rings. The Morgan fingerprint density at radius 3 is 1.64 bits per heavy atom. The SMILES string of the molecule is COS(=O)(=O)c1ccc(Nc2nc(Nc3ccc(S(=O)(=O)OC)cc3)c(N=Nc3nc(-c4ccc(C)cc4)c(N=Nc4cc(S(=O)(=O)OC)c5cc(CS(=O)(=O)O)cc(S(=O)(=O)OC)c5c4)s3)c(C)c2C#N)cc1. The minimum absolute atomic E-state index is 0.00184. The number of fused-ring (bicyclic) bond motifs is 1. The molecular weight excluding hydrogens is 1090 g/mol. The Kier molecular flexibility index (Phi) is 15.9. The Morgan fingerprint density at radius 2 is 1.12 bits per heavy atom. The summed E-state index contributed by atoms with van der Waals surface area (Å²) >= 11 is 0.864. The minimum Gasteiger partial charge on any atom is -0.339 e. The molecule has 0 fully saturated rings. The molecule has 0 saturated heterocycles. The minimum atomic E-state index is -4.74. The molecule has 386 valence electrons. The van der Waals surface area contributed by atoms with Gasteiger partial charge in [-0.05, 0) is 92.2 Å². The number of nitrogens with zero attached hydrogens (tertiary/aromatic N) is 7. The first-order valence-electron chi connectivity index (χ1n) is 20.7. The number of nitrogens with one attached hydrogen (secondary N) is 2. The third-order valence-electron chi connectivity index (χ3n) is 10.6. The van der Waals surface area contributed by atoms with Gasteiger partial charge in [-0.15, -0.1) is 20.5 Å². The fraction of sp³-hybridized carbons (Fsp3) is 0.159. The monoisotopic (exact) mass is 1130 g/mol. The van der Waals surface area contributed by atoms with Crippen molar-refractivity contribution in [2.24, 2.45) is 20.5 Å². The zero-order valence-corrected chi connectivity index (χ0v) is 44.1. The Bertz CT molecular complexity index is 4040. The van der Waals surface area contributed by atoms with Crippen LogP contribution in [-0.4, -0.2) is 85.0 Å². The lowest BCUT2D eigenvalue weighted by Gasteiger charge is -2.16. The highest BCUT2D eigenvalue weighted by atomic mass is 32.2. The highest BCUT2D eigenvalue weighted by Gasteiger charge is 2.27. The second-order valence-electron chi connectivity index (χ2n) is 15.3. The van der Waals surface area contributed by atoms with Crippen molar-refractivity contribution in [3.05, 3.63) is 119 Å². The maximum Gasteiger partial charge on any atom is 0.297 e. The first kappa shape index (κ1) is 54.7. The second-order valence-corrected chi connectivity index (χ2v) is 24.5. The molecule has 0 bridgehead atoms. The molecule has 0 unspecified atom stereocenters. The molecule has 2 heterocycles. The van der Waals surface area contributed by atoms with E-state index < -0.39 is 66.1 Å². The average molecular weight is 1130 g/mol. The van der Waals surface area contributed by atoms with Crippen LogP contribution < -0.4 is 10.6 Å². The summed E-state index contributed by atoms with van der Waals surface area (Å²) in [5, 5.41) is 33.6. The van der Waals surface area contributed by atoms with Crippen LogP contribution in [0.15, 0.2) is 137 Å². The number of anilines is 4. The third kappa shape index (κ3) is 12.1. The van der Waals surface area contributed by atoms with Crippen LogP contribution >= 0.6 is 11.3 Å². The summed E-state index contributed by atoms with van der Waals surface area (Å²) in [7, 11) is -18.4. The number of azo groups is 2. The predicted molar refractivity (Wildman–Crippen MR) is 270 cm³/mol. The smallest absolute Gasteiger partial charge is 0.297 e. The van der Waals surface area contributed by atoms with E-state index in [1.54, 1.807) is 31.2 Å². The molecule has 0 aliphatic heterocycles. The number of hydrogen-bond acceptors (Lipinski definition) is 24. The normalized spacial score (nSPS) is 12.7. The van der Waals surface area contributed by atoms with E-state index in [0.29, 0.717) is 16.9 Å². The van der Waals surface area contributed by atoms with Crippen molar-refractivity contribution in [3.63, 3.8) is 0 Å². The number of thiazole rings is 1. The zero-order valence-electron chi connectivity index (χ0n) is 39.2. The molecule has 30 heteroatoms. The van der Waals surface area contributed by atoms with Crippen LogP contribution in [-0.2, 0) is 73.1 Å². The number of aromatic nitrogens is 2. The van der Waals surface area contributed by atoms with Crippen molar-refractivity contribution in [1.82, 2.24) is 9.97 Å². The van der Waals surface area contributed by atoms with E-state index in [1.807, 2.05) is 6.92 Å². The van der Waals surface area contributed by atoms with E-state index >= 15 is 0 Å². The highest BCUT2D eigenvalue weighted by molar-refractivity contribution is 7.88. The van der Waals surface area contributed by atoms with E-state index in [1.165, 1.54) is 54.6 Å². The van der Waals surface area contributed by atoms with Crippen molar-refractivity contribution in [1.29, 1.82) is 5.26 Å². The van der Waals surface area contributed by atoms with Gasteiger partial charge in [-0.2, -0.15) is 47.4 Å².